The van der Waals surface area contributed by atoms with Crippen molar-refractivity contribution in [2.24, 2.45) is 0 Å². The van der Waals surface area contributed by atoms with Crippen molar-refractivity contribution in [1.29, 1.82) is 0 Å². The number of fused-ring (bicyclic) bond motifs is 5. The number of nitrogens with zero attached hydrogens (tertiary/aromatic N) is 2. The van der Waals surface area contributed by atoms with Gasteiger partial charge < -0.3 is 10.4 Å². The SMILES string of the molecule is Oc1cccc2c1C(Cl)Nc1nc3ccccc3n1-2. The van der Waals surface area contributed by atoms with Crippen molar-refractivity contribution in [3.8, 4) is 11.4 Å². The van der Waals surface area contributed by atoms with Gasteiger partial charge in [0.1, 0.15) is 11.3 Å². The highest BCUT2D eigenvalue weighted by Gasteiger charge is 2.27. The molecule has 2 heterocycles. The number of phenolic OH excluding ortho intramolecular Hbond substituents is 1. The molecule has 1 aliphatic rings. The molecule has 1 aromatic heterocycles. The van der Waals surface area contributed by atoms with Crippen LogP contribution in [0.5, 0.6) is 5.75 Å². The summed E-state index contributed by atoms with van der Waals surface area (Å²) in [5.41, 5.74) is 2.94. The van der Waals surface area contributed by atoms with Crippen molar-refractivity contribution in [3.05, 3.63) is 48.0 Å². The van der Waals surface area contributed by atoms with Gasteiger partial charge in [-0.15, -0.1) is 0 Å². The zero-order valence-corrected chi connectivity index (χ0v) is 10.6. The summed E-state index contributed by atoms with van der Waals surface area (Å²) in [5.74, 6) is 0.882. The summed E-state index contributed by atoms with van der Waals surface area (Å²) in [6.45, 7) is 0. The first-order valence-electron chi connectivity index (χ1n) is 5.96. The Balaban J connectivity index is 2.14. The molecule has 0 fully saturated rings. The minimum absolute atomic E-state index is 0.188. The number of halogens is 1. The van der Waals surface area contributed by atoms with E-state index in [1.807, 2.05) is 41.0 Å². The molecule has 2 N–H and O–H groups in total. The van der Waals surface area contributed by atoms with Crippen LogP contribution in [0.1, 0.15) is 11.1 Å². The average molecular weight is 272 g/mol. The fourth-order valence-electron chi connectivity index (χ4n) is 2.55. The van der Waals surface area contributed by atoms with E-state index in [1.54, 1.807) is 6.07 Å². The molecule has 5 heteroatoms. The third-order valence-corrected chi connectivity index (χ3v) is 3.70. The van der Waals surface area contributed by atoms with Gasteiger partial charge in [-0.3, -0.25) is 4.57 Å². The molecule has 1 unspecified atom stereocenters. The molecule has 0 radical (unpaired) electrons. The quantitative estimate of drug-likeness (QED) is 0.487. The first kappa shape index (κ1) is 10.7. The van der Waals surface area contributed by atoms with Crippen molar-refractivity contribution in [2.45, 2.75) is 5.50 Å². The van der Waals surface area contributed by atoms with E-state index in [0.29, 0.717) is 11.5 Å². The molecule has 1 atom stereocenters. The topological polar surface area (TPSA) is 50.1 Å². The van der Waals surface area contributed by atoms with Gasteiger partial charge in [-0.25, -0.2) is 4.98 Å². The van der Waals surface area contributed by atoms with Crippen molar-refractivity contribution < 1.29 is 5.11 Å². The van der Waals surface area contributed by atoms with E-state index in [4.69, 9.17) is 11.6 Å². The van der Waals surface area contributed by atoms with E-state index < -0.39 is 5.50 Å². The Kier molecular flexibility index (Phi) is 2.05. The van der Waals surface area contributed by atoms with E-state index in [0.717, 1.165) is 16.7 Å². The first-order chi connectivity index (χ1) is 9.25. The fourth-order valence-corrected chi connectivity index (χ4v) is 2.87. The van der Waals surface area contributed by atoms with Gasteiger partial charge in [-0.05, 0) is 24.3 Å². The summed E-state index contributed by atoms with van der Waals surface area (Å²) in [6.07, 6.45) is 0. The molecule has 0 amide bonds. The van der Waals surface area contributed by atoms with E-state index in [9.17, 15) is 5.11 Å². The number of imidazole rings is 1. The van der Waals surface area contributed by atoms with Gasteiger partial charge in [-0.2, -0.15) is 0 Å². The van der Waals surface area contributed by atoms with Crippen LogP contribution in [0.25, 0.3) is 16.7 Å². The highest BCUT2D eigenvalue weighted by Crippen LogP contribution is 2.41. The number of anilines is 1. The largest absolute Gasteiger partial charge is 0.507 e. The lowest BCUT2D eigenvalue weighted by Gasteiger charge is -2.25. The predicted molar refractivity (Wildman–Crippen MR) is 75.0 cm³/mol. The summed E-state index contributed by atoms with van der Waals surface area (Å²) < 4.78 is 1.98. The van der Waals surface area contributed by atoms with Gasteiger partial charge in [0.2, 0.25) is 5.95 Å². The maximum atomic E-state index is 10.0. The molecular weight excluding hydrogens is 262 g/mol. The lowest BCUT2D eigenvalue weighted by Crippen LogP contribution is -2.17. The van der Waals surface area contributed by atoms with E-state index in [2.05, 4.69) is 10.3 Å². The zero-order chi connectivity index (χ0) is 13.0. The normalized spacial score (nSPS) is 16.8. The van der Waals surface area contributed by atoms with E-state index in [1.165, 1.54) is 0 Å². The van der Waals surface area contributed by atoms with Crippen LogP contribution < -0.4 is 5.32 Å². The number of hydrogen-bond donors (Lipinski definition) is 2. The van der Waals surface area contributed by atoms with Crippen LogP contribution in [0.4, 0.5) is 5.95 Å². The maximum Gasteiger partial charge on any atom is 0.210 e. The van der Waals surface area contributed by atoms with Gasteiger partial charge in [0, 0.05) is 0 Å². The number of aromatic nitrogens is 2. The molecule has 4 rings (SSSR count). The first-order valence-corrected chi connectivity index (χ1v) is 6.40. The number of aromatic hydroxyl groups is 1. The third-order valence-electron chi connectivity index (χ3n) is 3.37. The molecule has 94 valence electrons. The van der Waals surface area contributed by atoms with Crippen molar-refractivity contribution >= 4 is 28.6 Å². The maximum absolute atomic E-state index is 10.0. The monoisotopic (exact) mass is 271 g/mol. The number of phenols is 1. The van der Waals surface area contributed by atoms with Crippen LogP contribution in [-0.4, -0.2) is 14.7 Å². The van der Waals surface area contributed by atoms with Gasteiger partial charge in [0.05, 0.1) is 22.3 Å². The predicted octanol–water partition coefficient (Wildman–Crippen LogP) is 3.39. The molecule has 0 aliphatic carbocycles. The highest BCUT2D eigenvalue weighted by molar-refractivity contribution is 6.22. The fraction of sp³-hybridized carbons (Fsp3) is 0.0714. The Morgan fingerprint density at radius 1 is 1.16 bits per heavy atom. The van der Waals surface area contributed by atoms with Crippen LogP contribution in [0, 0.1) is 0 Å². The molecule has 0 spiro atoms. The van der Waals surface area contributed by atoms with E-state index >= 15 is 0 Å². The minimum atomic E-state index is -0.486. The van der Waals surface area contributed by atoms with Crippen LogP contribution in [0.3, 0.4) is 0 Å². The smallest absolute Gasteiger partial charge is 0.210 e. The van der Waals surface area contributed by atoms with Crippen LogP contribution >= 0.6 is 11.6 Å². The van der Waals surface area contributed by atoms with Crippen molar-refractivity contribution in [3.63, 3.8) is 0 Å². The summed E-state index contributed by atoms with van der Waals surface area (Å²) in [5, 5.41) is 13.1. The van der Waals surface area contributed by atoms with Crippen LogP contribution in [0.2, 0.25) is 0 Å². The summed E-state index contributed by atoms with van der Waals surface area (Å²) in [6, 6.07) is 13.2. The Hall–Kier alpha value is -2.20. The van der Waals surface area contributed by atoms with Gasteiger partial charge in [0.15, 0.2) is 0 Å². The number of alkyl halides is 1. The van der Waals surface area contributed by atoms with E-state index in [-0.39, 0.29) is 5.75 Å². The zero-order valence-electron chi connectivity index (χ0n) is 9.84. The Bertz CT molecular complexity index is 796. The third kappa shape index (κ3) is 1.37. The van der Waals surface area contributed by atoms with Gasteiger partial charge in [-0.1, -0.05) is 29.8 Å². The number of rotatable bonds is 0. The van der Waals surface area contributed by atoms with Crippen LogP contribution in [-0.2, 0) is 0 Å². The highest BCUT2D eigenvalue weighted by atomic mass is 35.5. The molecule has 3 aromatic rings. The van der Waals surface area contributed by atoms with Gasteiger partial charge >= 0.3 is 0 Å². The molecule has 2 aromatic carbocycles. The number of hydrogen-bond acceptors (Lipinski definition) is 3. The Morgan fingerprint density at radius 3 is 2.89 bits per heavy atom. The molecule has 1 aliphatic heterocycles. The number of para-hydroxylation sites is 2. The number of nitrogens with one attached hydrogen (secondary N) is 1. The molecule has 0 bridgehead atoms. The van der Waals surface area contributed by atoms with Gasteiger partial charge in [0.25, 0.3) is 0 Å². The second kappa shape index (κ2) is 3.65. The molecule has 4 nitrogen and oxygen atoms in total. The summed E-state index contributed by atoms with van der Waals surface area (Å²) in [7, 11) is 0. The summed E-state index contributed by atoms with van der Waals surface area (Å²) >= 11 is 6.28. The lowest BCUT2D eigenvalue weighted by atomic mass is 10.1. The lowest BCUT2D eigenvalue weighted by molar-refractivity contribution is 0.467. The van der Waals surface area contributed by atoms with Crippen molar-refractivity contribution in [2.75, 3.05) is 5.32 Å². The second-order valence-electron chi connectivity index (χ2n) is 4.48. The Labute approximate surface area is 114 Å². The molecule has 0 saturated carbocycles. The molecule has 19 heavy (non-hydrogen) atoms. The second-order valence-corrected chi connectivity index (χ2v) is 4.91. The van der Waals surface area contributed by atoms with Crippen LogP contribution in [0.15, 0.2) is 42.5 Å². The minimum Gasteiger partial charge on any atom is -0.507 e. The summed E-state index contributed by atoms with van der Waals surface area (Å²) in [4.78, 5) is 4.52. The standard InChI is InChI=1S/C14H10ClN3O/c15-13-12-10(6-3-7-11(12)19)18-9-5-2-1-4-8(9)16-14(18)17-13/h1-7,13,19H,(H,16,17). The average Bonchev–Trinajstić information content (AvgIpc) is 2.76. The molecular formula is C14H10ClN3O. The number of benzene rings is 2. The Morgan fingerprint density at radius 2 is 2.00 bits per heavy atom. The van der Waals surface area contributed by atoms with Crippen molar-refractivity contribution in [1.82, 2.24) is 9.55 Å². The molecule has 0 saturated heterocycles.